The number of nitrogens with one attached hydrogen (secondary N) is 1. The topological polar surface area (TPSA) is 91.3 Å². The van der Waals surface area contributed by atoms with E-state index < -0.39 is 10.0 Å². The fourth-order valence-corrected chi connectivity index (χ4v) is 6.90. The van der Waals surface area contributed by atoms with E-state index in [0.29, 0.717) is 30.2 Å². The lowest BCUT2D eigenvalue weighted by Crippen LogP contribution is -2.30. The minimum Gasteiger partial charge on any atom is -0.496 e. The van der Waals surface area contributed by atoms with Gasteiger partial charge in [0.25, 0.3) is 7.11 Å². The molecule has 3 aromatic carbocycles. The van der Waals surface area contributed by atoms with Crippen LogP contribution < -0.4 is 5.32 Å². The first-order valence-electron chi connectivity index (χ1n) is 14.8. The molecule has 2 N–H and O–H groups in total. The number of ketones is 2. The number of hydrogen-bond donors (Lipinski definition) is 1. The number of fused-ring (bicyclic) bond motifs is 1. The molecule has 0 radical (unpaired) electrons. The second-order valence-corrected chi connectivity index (χ2v) is 12.6. The Labute approximate surface area is 265 Å². The maximum atomic E-state index is 12.9. The summed E-state index contributed by atoms with van der Waals surface area (Å²) in [7, 11) is -0.338. The van der Waals surface area contributed by atoms with Crippen LogP contribution in [0, 0.1) is 0 Å². The summed E-state index contributed by atoms with van der Waals surface area (Å²) < 4.78 is 38.7. The highest BCUT2D eigenvalue weighted by Crippen LogP contribution is 2.33. The zero-order valence-corrected chi connectivity index (χ0v) is 27.0. The number of rotatable bonds is 9. The van der Waals surface area contributed by atoms with Crippen molar-refractivity contribution in [1.29, 1.82) is 0 Å². The van der Waals surface area contributed by atoms with Gasteiger partial charge in [0.2, 0.25) is 10.0 Å². The first-order chi connectivity index (χ1) is 21.7. The molecule has 0 saturated heterocycles. The number of allylic oxidation sites excluding steroid dienone is 6. The Bertz CT molecular complexity index is 1910. The molecule has 0 aliphatic heterocycles. The maximum absolute atomic E-state index is 12.9. The summed E-state index contributed by atoms with van der Waals surface area (Å²) in [5, 5.41) is 3.41. The SMILES string of the molecule is CCN(CC)S(=O)(=O)c1ccc(C=C2C=C(OC)C(C=C3C(=[OH+])c4ccc(Nc5ccccc5)cc4C=C3C)=CC2=[O+]C)cc1. The van der Waals surface area contributed by atoms with Crippen molar-refractivity contribution >= 4 is 45.1 Å². The lowest BCUT2D eigenvalue weighted by atomic mass is 9.85. The van der Waals surface area contributed by atoms with E-state index in [1.807, 2.05) is 93.6 Å². The molecule has 3 aromatic rings. The minimum absolute atomic E-state index is 0.188. The van der Waals surface area contributed by atoms with Gasteiger partial charge in [-0.25, -0.2) is 8.42 Å². The van der Waals surface area contributed by atoms with Gasteiger partial charge < -0.3 is 10.1 Å². The molecule has 0 saturated carbocycles. The van der Waals surface area contributed by atoms with Crippen LogP contribution in [0.5, 0.6) is 0 Å². The first kappa shape index (κ1) is 31.6. The molecule has 230 valence electrons. The number of carbonyl (C=O) groups excluding carboxylic acids is 2. The molecule has 0 aromatic heterocycles. The van der Waals surface area contributed by atoms with Crippen molar-refractivity contribution in [2.45, 2.75) is 25.7 Å². The van der Waals surface area contributed by atoms with Crippen LogP contribution in [-0.4, -0.2) is 56.4 Å². The third-order valence-electron chi connectivity index (χ3n) is 7.85. The van der Waals surface area contributed by atoms with Gasteiger partial charge in [-0.1, -0.05) is 50.3 Å². The van der Waals surface area contributed by atoms with Crippen molar-refractivity contribution in [1.82, 2.24) is 4.31 Å². The highest BCUT2D eigenvalue weighted by atomic mass is 32.2. The molecule has 0 unspecified atom stereocenters. The van der Waals surface area contributed by atoms with Gasteiger partial charge in [0.1, 0.15) is 5.76 Å². The zero-order valence-electron chi connectivity index (χ0n) is 26.2. The molecule has 0 bridgehead atoms. The van der Waals surface area contributed by atoms with Gasteiger partial charge >= 0.3 is 11.6 Å². The number of anilines is 2. The van der Waals surface area contributed by atoms with Crippen molar-refractivity contribution in [3.63, 3.8) is 0 Å². The monoisotopic (exact) mass is 622 g/mol. The molecule has 0 spiro atoms. The molecule has 45 heavy (non-hydrogen) atoms. The second-order valence-electron chi connectivity index (χ2n) is 10.7. The van der Waals surface area contributed by atoms with Gasteiger partial charge in [-0.15, -0.1) is 0 Å². The van der Waals surface area contributed by atoms with Crippen LogP contribution >= 0.6 is 0 Å². The van der Waals surface area contributed by atoms with Gasteiger partial charge in [-0.2, -0.15) is 4.31 Å². The molecule has 0 amide bonds. The highest BCUT2D eigenvalue weighted by molar-refractivity contribution is 7.89. The quantitative estimate of drug-likeness (QED) is 0.206. The van der Waals surface area contributed by atoms with E-state index in [4.69, 9.17) is 9.16 Å². The van der Waals surface area contributed by atoms with Gasteiger partial charge in [0, 0.05) is 30.0 Å². The minimum atomic E-state index is -3.54. The Balaban J connectivity index is 1.42. The Hall–Kier alpha value is -4.79. The summed E-state index contributed by atoms with van der Waals surface area (Å²) in [6.07, 6.45) is 9.63. The third kappa shape index (κ3) is 6.67. The van der Waals surface area contributed by atoms with E-state index >= 15 is 0 Å². The van der Waals surface area contributed by atoms with Gasteiger partial charge in [-0.3, -0.25) is 9.22 Å². The smallest absolute Gasteiger partial charge is 0.355 e. The van der Waals surface area contributed by atoms with Crippen molar-refractivity contribution in [2.24, 2.45) is 0 Å². The van der Waals surface area contributed by atoms with E-state index in [1.165, 1.54) is 4.31 Å². The number of sulfonamides is 1. The number of methoxy groups -OCH3 is 1. The van der Waals surface area contributed by atoms with E-state index in [9.17, 15) is 13.2 Å². The maximum Gasteiger partial charge on any atom is 0.355 e. The summed E-state index contributed by atoms with van der Waals surface area (Å²) in [6.45, 7) is 6.45. The summed E-state index contributed by atoms with van der Waals surface area (Å²) in [4.78, 5) is 11.6. The molecule has 2 aliphatic rings. The van der Waals surface area contributed by atoms with E-state index in [0.717, 1.165) is 44.8 Å². The number of benzene rings is 3. The Morgan fingerprint density at radius 2 is 1.62 bits per heavy atom. The molecule has 8 heteroatoms. The van der Waals surface area contributed by atoms with Crippen LogP contribution in [0.1, 0.15) is 37.5 Å². The summed E-state index contributed by atoms with van der Waals surface area (Å²) >= 11 is 0. The van der Waals surface area contributed by atoms with Crippen molar-refractivity contribution in [3.05, 3.63) is 136 Å². The summed E-state index contributed by atoms with van der Waals surface area (Å²) in [5.74, 6) is 1.40. The highest BCUT2D eigenvalue weighted by Gasteiger charge is 2.30. The van der Waals surface area contributed by atoms with Gasteiger partial charge in [-0.05, 0) is 84.3 Å². The summed E-state index contributed by atoms with van der Waals surface area (Å²) in [5.41, 5.74) is 7.51. The molecule has 0 fully saturated rings. The standard InChI is InChI=1S/C37H36N2O5S/c1-6-39(7-2)45(41,42)32-16-13-26(14-17-32)20-28-23-36(44-5)29(24-35(28)43-4)22-34-25(3)19-27-21-31(15-18-33(27)37(34)40)38-30-11-9-8-10-12-30/h8-24H,6-7H2,1-5H3/p+2. The van der Waals surface area contributed by atoms with E-state index in [2.05, 4.69) is 11.4 Å². The molecular formula is C37H38N2O5S+2. The Morgan fingerprint density at radius 3 is 2.27 bits per heavy atom. The van der Waals surface area contributed by atoms with Crippen molar-refractivity contribution in [3.8, 4) is 0 Å². The van der Waals surface area contributed by atoms with E-state index in [-0.39, 0.29) is 10.7 Å². The van der Waals surface area contributed by atoms with Crippen LogP contribution in [0.3, 0.4) is 0 Å². The van der Waals surface area contributed by atoms with Crippen LogP contribution in [-0.2, 0) is 19.2 Å². The number of para-hydroxylation sites is 1. The number of hydrogen-bond acceptors (Lipinski definition) is 4. The van der Waals surface area contributed by atoms with Crippen molar-refractivity contribution in [2.75, 3.05) is 32.6 Å². The Morgan fingerprint density at radius 1 is 0.911 bits per heavy atom. The number of nitrogens with zero attached hydrogens (tertiary/aromatic N) is 1. The predicted octanol–water partition coefficient (Wildman–Crippen LogP) is 6.99. The van der Waals surface area contributed by atoms with Crippen molar-refractivity contribution < 1.29 is 22.4 Å². The molecular weight excluding hydrogens is 584 g/mol. The Kier molecular flexibility index (Phi) is 9.46. The molecule has 0 atom stereocenters. The lowest BCUT2D eigenvalue weighted by Gasteiger charge is -2.18. The molecule has 0 heterocycles. The average Bonchev–Trinajstić information content (AvgIpc) is 3.04. The summed E-state index contributed by atoms with van der Waals surface area (Å²) in [6, 6.07) is 22.6. The average molecular weight is 623 g/mol. The second kappa shape index (κ2) is 13.5. The van der Waals surface area contributed by atoms with Gasteiger partial charge in [0.15, 0.2) is 0 Å². The van der Waals surface area contributed by atoms with Gasteiger partial charge in [0.05, 0.1) is 34.8 Å². The largest absolute Gasteiger partial charge is 0.496 e. The third-order valence-corrected chi connectivity index (χ3v) is 9.91. The van der Waals surface area contributed by atoms with Crippen LogP contribution in [0.15, 0.2) is 124 Å². The zero-order chi connectivity index (χ0) is 32.1. The first-order valence-corrected chi connectivity index (χ1v) is 16.3. The fraction of sp³-hybridized carbons (Fsp3) is 0.189. The normalized spacial score (nSPS) is 17.7. The van der Waals surface area contributed by atoms with E-state index in [1.54, 1.807) is 38.5 Å². The molecule has 7 nitrogen and oxygen atoms in total. The predicted molar refractivity (Wildman–Crippen MR) is 183 cm³/mol. The molecule has 5 rings (SSSR count). The van der Waals surface area contributed by atoms with Crippen LogP contribution in [0.4, 0.5) is 11.4 Å². The number of ether oxygens (including phenoxy) is 1. The molecule has 2 aliphatic carbocycles. The van der Waals surface area contributed by atoms with Crippen LogP contribution in [0.25, 0.3) is 12.2 Å². The lowest BCUT2D eigenvalue weighted by molar-refractivity contribution is -0.418. The fourth-order valence-electron chi connectivity index (χ4n) is 5.44. The van der Waals surface area contributed by atoms with Crippen LogP contribution in [0.2, 0.25) is 0 Å².